The molecule has 80 valence electrons. The van der Waals surface area contributed by atoms with E-state index in [0.717, 1.165) is 15.6 Å². The van der Waals surface area contributed by atoms with Crippen LogP contribution in [-0.4, -0.2) is 5.91 Å². The monoisotopic (exact) mass is 241 g/mol. The molecule has 0 radical (unpaired) electrons. The van der Waals surface area contributed by atoms with Crippen molar-refractivity contribution in [2.24, 2.45) is 0 Å². The van der Waals surface area contributed by atoms with Crippen LogP contribution in [0.4, 0.5) is 0 Å². The summed E-state index contributed by atoms with van der Waals surface area (Å²) < 4.78 is 0.735. The third-order valence-electron chi connectivity index (χ3n) is 1.89. The van der Waals surface area contributed by atoms with Gasteiger partial charge in [0.1, 0.15) is 0 Å². The molecule has 1 N–H and O–H groups in total. The van der Waals surface area contributed by atoms with Crippen molar-refractivity contribution in [3.63, 3.8) is 0 Å². The summed E-state index contributed by atoms with van der Waals surface area (Å²) in [4.78, 5) is 12.3. The number of carbonyl (C=O) groups excluding carboxylic acids is 1. The third kappa shape index (κ3) is 3.58. The summed E-state index contributed by atoms with van der Waals surface area (Å²) in [5, 5.41) is 2.84. The minimum atomic E-state index is -0.242. The average Bonchev–Trinajstić information content (AvgIpc) is 2.61. The van der Waals surface area contributed by atoms with Gasteiger partial charge in [-0.15, -0.1) is 11.3 Å². The zero-order valence-corrected chi connectivity index (χ0v) is 10.2. The SMILES string of the molecule is CC#CC(=O)NC(CC)c1ccc(Cl)s1. The van der Waals surface area contributed by atoms with Crippen molar-refractivity contribution < 1.29 is 4.79 Å². The molecule has 1 atom stereocenters. The smallest absolute Gasteiger partial charge is 0.296 e. The molecule has 0 saturated heterocycles. The maximum Gasteiger partial charge on any atom is 0.296 e. The highest BCUT2D eigenvalue weighted by molar-refractivity contribution is 7.16. The molecule has 2 nitrogen and oxygen atoms in total. The summed E-state index contributed by atoms with van der Waals surface area (Å²) in [5.41, 5.74) is 0. The molecule has 0 saturated carbocycles. The molecule has 1 aromatic rings. The first-order valence-corrected chi connectivity index (χ1v) is 5.85. The molecule has 1 rings (SSSR count). The van der Waals surface area contributed by atoms with Crippen molar-refractivity contribution >= 4 is 28.8 Å². The Hall–Kier alpha value is -0.980. The van der Waals surface area contributed by atoms with Crippen LogP contribution in [0.25, 0.3) is 0 Å². The Bertz CT molecular complexity index is 402. The predicted molar refractivity (Wildman–Crippen MR) is 64.0 cm³/mol. The van der Waals surface area contributed by atoms with E-state index in [9.17, 15) is 4.79 Å². The van der Waals surface area contributed by atoms with Crippen LogP contribution in [0.3, 0.4) is 0 Å². The van der Waals surface area contributed by atoms with Crippen molar-refractivity contribution in [2.45, 2.75) is 26.3 Å². The number of amides is 1. The Morgan fingerprint density at radius 2 is 2.40 bits per heavy atom. The molecule has 0 aliphatic rings. The van der Waals surface area contributed by atoms with Gasteiger partial charge in [-0.25, -0.2) is 0 Å². The van der Waals surface area contributed by atoms with Gasteiger partial charge in [-0.3, -0.25) is 4.79 Å². The highest BCUT2D eigenvalue weighted by Gasteiger charge is 2.13. The van der Waals surface area contributed by atoms with E-state index in [4.69, 9.17) is 11.6 Å². The minimum absolute atomic E-state index is 0.0100. The van der Waals surface area contributed by atoms with Crippen molar-refractivity contribution in [1.29, 1.82) is 0 Å². The lowest BCUT2D eigenvalue weighted by atomic mass is 10.2. The lowest BCUT2D eigenvalue weighted by molar-refractivity contribution is -0.116. The van der Waals surface area contributed by atoms with E-state index in [1.54, 1.807) is 6.92 Å². The molecule has 4 heteroatoms. The first-order chi connectivity index (χ1) is 7.17. The number of nitrogens with one attached hydrogen (secondary N) is 1. The Morgan fingerprint density at radius 1 is 1.67 bits per heavy atom. The summed E-state index contributed by atoms with van der Waals surface area (Å²) in [6.07, 6.45) is 0.827. The normalized spacial score (nSPS) is 11.4. The van der Waals surface area contributed by atoms with Crippen LogP contribution in [0.1, 0.15) is 31.2 Å². The number of hydrogen-bond donors (Lipinski definition) is 1. The van der Waals surface area contributed by atoms with Gasteiger partial charge in [0.2, 0.25) is 0 Å². The van der Waals surface area contributed by atoms with E-state index < -0.39 is 0 Å². The van der Waals surface area contributed by atoms with Crippen LogP contribution in [0.2, 0.25) is 4.34 Å². The Balaban J connectivity index is 2.71. The fourth-order valence-electron chi connectivity index (χ4n) is 1.20. The second-order valence-corrected chi connectivity index (χ2v) is 4.70. The van der Waals surface area contributed by atoms with Gasteiger partial charge in [0, 0.05) is 4.88 Å². The highest BCUT2D eigenvalue weighted by Crippen LogP contribution is 2.28. The first-order valence-electron chi connectivity index (χ1n) is 4.65. The third-order valence-corrected chi connectivity index (χ3v) is 3.23. The highest BCUT2D eigenvalue weighted by atomic mass is 35.5. The predicted octanol–water partition coefficient (Wildman–Crippen LogP) is 2.99. The number of hydrogen-bond acceptors (Lipinski definition) is 2. The maximum absolute atomic E-state index is 11.3. The Kier molecular flexibility index (Phi) is 4.67. The maximum atomic E-state index is 11.3. The molecule has 1 aromatic heterocycles. The van der Waals surface area contributed by atoms with Gasteiger partial charge < -0.3 is 5.32 Å². The van der Waals surface area contributed by atoms with Crippen molar-refractivity contribution in [3.05, 3.63) is 21.3 Å². The van der Waals surface area contributed by atoms with Crippen molar-refractivity contribution in [1.82, 2.24) is 5.32 Å². The van der Waals surface area contributed by atoms with E-state index >= 15 is 0 Å². The largest absolute Gasteiger partial charge is 0.338 e. The van der Waals surface area contributed by atoms with E-state index in [0.29, 0.717) is 0 Å². The molecule has 0 bridgehead atoms. The Morgan fingerprint density at radius 3 is 2.87 bits per heavy atom. The molecule has 1 unspecified atom stereocenters. The number of carbonyl (C=O) groups is 1. The summed E-state index contributed by atoms with van der Waals surface area (Å²) in [7, 11) is 0. The van der Waals surface area contributed by atoms with Gasteiger partial charge in [-0.05, 0) is 31.4 Å². The second kappa shape index (κ2) is 5.79. The van der Waals surface area contributed by atoms with Crippen molar-refractivity contribution in [3.8, 4) is 11.8 Å². The standard InChI is InChI=1S/C11H12ClNOS/c1-3-5-11(14)13-8(4-2)9-6-7-10(12)15-9/h6-8H,4H2,1-2H3,(H,13,14). The summed E-state index contributed by atoms with van der Waals surface area (Å²) in [5.74, 6) is 4.79. The van der Waals surface area contributed by atoms with Crippen LogP contribution in [0, 0.1) is 11.8 Å². The molecule has 0 fully saturated rings. The van der Waals surface area contributed by atoms with E-state index in [1.165, 1.54) is 11.3 Å². The molecular formula is C11H12ClNOS. The van der Waals surface area contributed by atoms with E-state index in [1.807, 2.05) is 19.1 Å². The zero-order chi connectivity index (χ0) is 11.3. The summed E-state index contributed by atoms with van der Waals surface area (Å²) in [6, 6.07) is 3.78. The van der Waals surface area contributed by atoms with Crippen LogP contribution in [-0.2, 0) is 4.79 Å². The van der Waals surface area contributed by atoms with Gasteiger partial charge in [0.05, 0.1) is 10.4 Å². The quantitative estimate of drug-likeness (QED) is 0.810. The van der Waals surface area contributed by atoms with Crippen molar-refractivity contribution in [2.75, 3.05) is 0 Å². The average molecular weight is 242 g/mol. The lowest BCUT2D eigenvalue weighted by Gasteiger charge is -2.12. The molecule has 1 amide bonds. The van der Waals surface area contributed by atoms with E-state index in [-0.39, 0.29) is 11.9 Å². The number of thiophene rings is 1. The summed E-state index contributed by atoms with van der Waals surface area (Å²) in [6.45, 7) is 3.65. The summed E-state index contributed by atoms with van der Waals surface area (Å²) >= 11 is 7.32. The van der Waals surface area contributed by atoms with Gasteiger partial charge in [-0.2, -0.15) is 0 Å². The van der Waals surface area contributed by atoms with E-state index in [2.05, 4.69) is 17.2 Å². The fraction of sp³-hybridized carbons (Fsp3) is 0.364. The molecule has 0 spiro atoms. The number of halogens is 1. The lowest BCUT2D eigenvalue weighted by Crippen LogP contribution is -2.26. The van der Waals surface area contributed by atoms with Crippen LogP contribution in [0.15, 0.2) is 12.1 Å². The van der Waals surface area contributed by atoms with Crippen LogP contribution < -0.4 is 5.32 Å². The van der Waals surface area contributed by atoms with Gasteiger partial charge >= 0.3 is 0 Å². The van der Waals surface area contributed by atoms with Gasteiger partial charge in [-0.1, -0.05) is 24.4 Å². The van der Waals surface area contributed by atoms with Gasteiger partial charge in [0.15, 0.2) is 0 Å². The first kappa shape index (κ1) is 12.1. The molecule has 0 aliphatic heterocycles. The Labute approximate surface area is 98.6 Å². The zero-order valence-electron chi connectivity index (χ0n) is 8.63. The molecule has 1 heterocycles. The topological polar surface area (TPSA) is 29.1 Å². The number of rotatable bonds is 3. The molecular weight excluding hydrogens is 230 g/mol. The van der Waals surface area contributed by atoms with Crippen LogP contribution >= 0.6 is 22.9 Å². The van der Waals surface area contributed by atoms with Crippen LogP contribution in [0.5, 0.6) is 0 Å². The molecule has 0 aromatic carbocycles. The molecule has 15 heavy (non-hydrogen) atoms. The fourth-order valence-corrected chi connectivity index (χ4v) is 2.39. The second-order valence-electron chi connectivity index (χ2n) is 2.95. The van der Waals surface area contributed by atoms with Gasteiger partial charge in [0.25, 0.3) is 5.91 Å². The minimum Gasteiger partial charge on any atom is -0.338 e. The molecule has 0 aliphatic carbocycles.